The predicted octanol–water partition coefficient (Wildman–Crippen LogP) is 2.77. The Balaban J connectivity index is 0.000000146. The molecule has 2 unspecified atom stereocenters. The summed E-state index contributed by atoms with van der Waals surface area (Å²) in [4.78, 5) is 12.9. The van der Waals surface area contributed by atoms with Gasteiger partial charge in [0.2, 0.25) is 0 Å². The summed E-state index contributed by atoms with van der Waals surface area (Å²) >= 11 is -4.08. The van der Waals surface area contributed by atoms with Gasteiger partial charge in [-0.15, -0.1) is 0 Å². The molecule has 11 heteroatoms. The summed E-state index contributed by atoms with van der Waals surface area (Å²) in [5, 5.41) is 1.21. The molecule has 0 fully saturated rings. The molecule has 3 aromatic carbocycles. The third-order valence-electron chi connectivity index (χ3n) is 6.66. The van der Waals surface area contributed by atoms with E-state index in [-0.39, 0.29) is 60.3 Å². The molecule has 0 spiro atoms. The van der Waals surface area contributed by atoms with Crippen molar-refractivity contribution in [2.75, 3.05) is 0 Å². The van der Waals surface area contributed by atoms with Crippen LogP contribution >= 0.6 is 0 Å². The van der Waals surface area contributed by atoms with Gasteiger partial charge in [0, 0.05) is 60.3 Å². The Kier molecular flexibility index (Phi) is 12.5. The van der Waals surface area contributed by atoms with E-state index in [1.54, 1.807) is 12.4 Å². The van der Waals surface area contributed by atoms with E-state index in [1.807, 2.05) is 85.1 Å². The number of benzene rings is 3. The van der Waals surface area contributed by atoms with E-state index in [9.17, 15) is 7.57 Å². The molecule has 0 N–H and O–H groups in total. The molecule has 7 aromatic rings. The van der Waals surface area contributed by atoms with Gasteiger partial charge in [0.15, 0.2) is 0 Å². The fraction of sp³-hybridized carbons (Fsp3) is 0. The van der Waals surface area contributed by atoms with Crippen LogP contribution in [0.3, 0.4) is 0 Å². The summed E-state index contributed by atoms with van der Waals surface area (Å²) in [7, 11) is 0. The van der Waals surface area contributed by atoms with E-state index in [1.165, 1.54) is 13.9 Å². The summed E-state index contributed by atoms with van der Waals surface area (Å²) in [6.07, 6.45) is 5.32. The quantitative estimate of drug-likeness (QED) is 0.173. The van der Waals surface area contributed by atoms with Crippen LogP contribution in [0.5, 0.6) is 0 Å². The number of rotatable bonds is 0. The Hall–Kier alpha value is -1.74. The topological polar surface area (TPSA) is 72.8 Å². The van der Waals surface area contributed by atoms with Crippen molar-refractivity contribution >= 4 is 80.0 Å². The van der Waals surface area contributed by atoms with Gasteiger partial charge in [0.25, 0.3) is 0 Å². The summed E-state index contributed by atoms with van der Waals surface area (Å²) < 4.78 is 30.6. The minimum absolute atomic E-state index is 0. The van der Waals surface area contributed by atoms with E-state index >= 15 is 0 Å². The van der Waals surface area contributed by atoms with Crippen molar-refractivity contribution in [3.05, 3.63) is 128 Å². The van der Waals surface area contributed by atoms with Crippen LogP contribution in [-0.2, 0) is 67.9 Å². The molecule has 9 rings (SSSR count). The normalized spacial score (nSPS) is 14.5. The molecule has 2 atom stereocenters. The van der Waals surface area contributed by atoms with Crippen molar-refractivity contribution in [3.63, 3.8) is 0 Å². The second-order valence-electron chi connectivity index (χ2n) is 9.08. The molecule has 0 amide bonds. The summed E-state index contributed by atoms with van der Waals surface area (Å²) in [5.74, 6) is 0. The Labute approximate surface area is 309 Å². The first-order valence-corrected chi connectivity index (χ1v) is 19.8. The third kappa shape index (κ3) is 6.70. The number of pyridine rings is 3. The summed E-state index contributed by atoms with van der Waals surface area (Å²) in [6.45, 7) is 0. The van der Waals surface area contributed by atoms with Gasteiger partial charge in [0.1, 0.15) is 0 Å². The van der Waals surface area contributed by atoms with Crippen molar-refractivity contribution in [2.24, 2.45) is 0 Å². The second-order valence-corrected chi connectivity index (χ2v) is 18.0. The molecule has 0 saturated heterocycles. The van der Waals surface area contributed by atoms with Crippen LogP contribution in [0.1, 0.15) is 0 Å². The van der Waals surface area contributed by atoms with Crippen LogP contribution in [0, 0.1) is 18.2 Å². The number of aromatic nitrogens is 3. The van der Waals surface area contributed by atoms with E-state index in [0.29, 0.717) is 14.5 Å². The first kappa shape index (κ1) is 35.1. The standard InChI is InChI=1S/C11H7AsNO.C11H6NOSe.C11H6NSe.3Ir/c14-12-9-5-2-1-4-8(9)11-10(12)6-3-7-13-11;13-14-9-5-2-1-4-8(9)11-10(14)6-3-7-12-11;1-2-5-9-8(4-1)11-10(13-9)6-3-7-12-11;;;/h1-3,5-7,12H;1-3,5-7H;1-3,5-7H;;;/q3*-1;;;. The summed E-state index contributed by atoms with van der Waals surface area (Å²) in [6, 6.07) is 38.6. The minimum atomic E-state index is -2.47. The molecule has 4 aromatic heterocycles. The molecule has 0 aliphatic carbocycles. The van der Waals surface area contributed by atoms with E-state index in [0.717, 1.165) is 45.7 Å². The van der Waals surface area contributed by atoms with Gasteiger partial charge in [0.05, 0.1) is 0 Å². The van der Waals surface area contributed by atoms with Gasteiger partial charge in [-0.05, 0) is 0 Å². The number of nitrogens with zero attached hydrogens (tertiary/aromatic N) is 3. The monoisotopic (exact) mass is 1300 g/mol. The van der Waals surface area contributed by atoms with Crippen molar-refractivity contribution in [2.45, 2.75) is 0 Å². The SMILES string of the molecule is O=[AsH]1c2ccc[c-]c2-c2ncccc21.O=[Se]1c2ccc[c-]c2-c2ncccc21.[Ir].[Ir].[Ir].[c-]1cccc2[se]c3cccnc3c12. The van der Waals surface area contributed by atoms with Crippen molar-refractivity contribution in [1.82, 2.24) is 15.0 Å². The van der Waals surface area contributed by atoms with Crippen molar-refractivity contribution < 1.29 is 67.9 Å². The Morgan fingerprint density at radius 2 is 1.20 bits per heavy atom. The van der Waals surface area contributed by atoms with Crippen LogP contribution in [0.15, 0.2) is 110 Å². The molecule has 2 aliphatic rings. The van der Waals surface area contributed by atoms with Gasteiger partial charge < -0.3 is 0 Å². The number of fused-ring (bicyclic) bond motifs is 9. The molecule has 225 valence electrons. The Morgan fingerprint density at radius 1 is 0.614 bits per heavy atom. The molecule has 3 radical (unpaired) electrons. The van der Waals surface area contributed by atoms with Crippen LogP contribution < -0.4 is 17.6 Å². The predicted molar refractivity (Wildman–Crippen MR) is 165 cm³/mol. The van der Waals surface area contributed by atoms with Gasteiger partial charge >= 0.3 is 253 Å². The van der Waals surface area contributed by atoms with Crippen molar-refractivity contribution in [3.8, 4) is 22.5 Å². The molecule has 0 bridgehead atoms. The average Bonchev–Trinajstić information content (AvgIpc) is 3.67. The summed E-state index contributed by atoms with van der Waals surface area (Å²) in [5.41, 5.74) is 4.71. The second kappa shape index (κ2) is 15.7. The van der Waals surface area contributed by atoms with Crippen molar-refractivity contribution in [1.29, 1.82) is 0 Å². The van der Waals surface area contributed by atoms with Gasteiger partial charge in [-0.3, -0.25) is 0 Å². The molecule has 5 nitrogen and oxygen atoms in total. The van der Waals surface area contributed by atoms with Crippen LogP contribution in [0.4, 0.5) is 0 Å². The molecule has 0 saturated carbocycles. The zero-order chi connectivity index (χ0) is 27.8. The van der Waals surface area contributed by atoms with E-state index < -0.39 is 28.4 Å². The maximum atomic E-state index is 12.1. The zero-order valence-electron chi connectivity index (χ0n) is 22.4. The molecule has 44 heavy (non-hydrogen) atoms. The molecular formula is C33H19AsIr3N3O2Se2-3. The first-order valence-electron chi connectivity index (χ1n) is 12.7. The van der Waals surface area contributed by atoms with Crippen LogP contribution in [0.2, 0.25) is 0 Å². The molecule has 2 aliphatic heterocycles. The Bertz CT molecular complexity index is 1900. The van der Waals surface area contributed by atoms with E-state index in [4.69, 9.17) is 0 Å². The zero-order valence-corrected chi connectivity index (χ0v) is 35.1. The molecule has 6 heterocycles. The van der Waals surface area contributed by atoms with E-state index in [2.05, 4.69) is 45.3 Å². The number of hydrogen-bond donors (Lipinski definition) is 0. The van der Waals surface area contributed by atoms with Gasteiger partial charge in [-0.1, -0.05) is 0 Å². The first-order chi connectivity index (χ1) is 20.2. The van der Waals surface area contributed by atoms with Gasteiger partial charge in [-0.2, -0.15) is 0 Å². The average molecular weight is 1300 g/mol. The Morgan fingerprint density at radius 3 is 2.05 bits per heavy atom. The maximum absolute atomic E-state index is 12.1. The van der Waals surface area contributed by atoms with Crippen LogP contribution in [-0.4, -0.2) is 57.9 Å². The molecular weight excluding hydrogens is 1280 g/mol. The number of hydrogen-bond acceptors (Lipinski definition) is 5. The van der Waals surface area contributed by atoms with Gasteiger partial charge in [-0.25, -0.2) is 0 Å². The third-order valence-corrected chi connectivity index (χ3v) is 15.8. The van der Waals surface area contributed by atoms with Crippen LogP contribution in [0.25, 0.3) is 41.9 Å². The fourth-order valence-electron chi connectivity index (χ4n) is 4.83. The fourth-order valence-corrected chi connectivity index (χ4v) is 13.1.